The van der Waals surface area contributed by atoms with Gasteiger partial charge in [0, 0.05) is 5.56 Å². The zero-order valence-corrected chi connectivity index (χ0v) is 9.08. The van der Waals surface area contributed by atoms with Gasteiger partial charge in [0.15, 0.2) is 11.6 Å². The number of methoxy groups -OCH3 is 1. The van der Waals surface area contributed by atoms with Gasteiger partial charge in [-0.15, -0.1) is 0 Å². The number of hydrogen-bond donors (Lipinski definition) is 1. The van der Waals surface area contributed by atoms with E-state index in [-0.39, 0.29) is 17.1 Å². The van der Waals surface area contributed by atoms with Crippen molar-refractivity contribution in [3.05, 3.63) is 42.0 Å². The van der Waals surface area contributed by atoms with Crippen LogP contribution in [0.5, 0.6) is 5.88 Å². The molecule has 0 spiro atoms. The molecule has 0 amide bonds. The first-order valence-electron chi connectivity index (χ1n) is 4.88. The predicted octanol–water partition coefficient (Wildman–Crippen LogP) is 2.62. The molecule has 88 valence electrons. The second-order valence-electron chi connectivity index (χ2n) is 3.40. The molecule has 0 saturated heterocycles. The Labute approximate surface area is 96.9 Å². The molecule has 17 heavy (non-hydrogen) atoms. The SMILES string of the molecule is COc1nc(-c2cccc(F)c2F)ccc1N. The van der Waals surface area contributed by atoms with Crippen LogP contribution < -0.4 is 10.5 Å². The number of aromatic nitrogens is 1. The van der Waals surface area contributed by atoms with E-state index in [1.807, 2.05) is 0 Å². The monoisotopic (exact) mass is 236 g/mol. The average Bonchev–Trinajstić information content (AvgIpc) is 2.34. The lowest BCUT2D eigenvalue weighted by molar-refractivity contribution is 0.400. The summed E-state index contributed by atoms with van der Waals surface area (Å²) in [6.45, 7) is 0. The first-order valence-corrected chi connectivity index (χ1v) is 4.88. The molecule has 3 nitrogen and oxygen atoms in total. The third-order valence-electron chi connectivity index (χ3n) is 2.31. The van der Waals surface area contributed by atoms with Gasteiger partial charge in [-0.05, 0) is 24.3 Å². The standard InChI is InChI=1S/C12H10F2N2O/c1-17-12-9(15)5-6-10(16-12)7-3-2-4-8(13)11(7)14/h2-6H,15H2,1H3. The van der Waals surface area contributed by atoms with Crippen molar-refractivity contribution in [2.75, 3.05) is 12.8 Å². The number of rotatable bonds is 2. The number of hydrogen-bond acceptors (Lipinski definition) is 3. The first-order chi connectivity index (χ1) is 8.13. The fourth-order valence-corrected chi connectivity index (χ4v) is 1.47. The maximum absolute atomic E-state index is 13.5. The van der Waals surface area contributed by atoms with Gasteiger partial charge in [0.2, 0.25) is 5.88 Å². The summed E-state index contributed by atoms with van der Waals surface area (Å²) in [6.07, 6.45) is 0. The van der Waals surface area contributed by atoms with E-state index in [0.717, 1.165) is 6.07 Å². The number of ether oxygens (including phenoxy) is 1. The third kappa shape index (κ3) is 2.04. The van der Waals surface area contributed by atoms with E-state index >= 15 is 0 Å². The lowest BCUT2D eigenvalue weighted by atomic mass is 10.1. The van der Waals surface area contributed by atoms with Gasteiger partial charge in [-0.3, -0.25) is 0 Å². The second kappa shape index (κ2) is 4.37. The molecule has 0 aliphatic carbocycles. The van der Waals surface area contributed by atoms with Crippen molar-refractivity contribution in [3.63, 3.8) is 0 Å². The highest BCUT2D eigenvalue weighted by Gasteiger charge is 2.12. The molecule has 0 fully saturated rings. The van der Waals surface area contributed by atoms with Gasteiger partial charge < -0.3 is 10.5 Å². The highest BCUT2D eigenvalue weighted by atomic mass is 19.2. The number of nitrogens with zero attached hydrogens (tertiary/aromatic N) is 1. The molecule has 2 N–H and O–H groups in total. The maximum Gasteiger partial charge on any atom is 0.237 e. The quantitative estimate of drug-likeness (QED) is 0.871. The van der Waals surface area contributed by atoms with Crippen LogP contribution in [-0.4, -0.2) is 12.1 Å². The van der Waals surface area contributed by atoms with Crippen LogP contribution in [0.4, 0.5) is 14.5 Å². The summed E-state index contributed by atoms with van der Waals surface area (Å²) in [5.74, 6) is -1.67. The van der Waals surface area contributed by atoms with Gasteiger partial charge in [0.1, 0.15) is 0 Å². The zero-order chi connectivity index (χ0) is 12.4. The Morgan fingerprint density at radius 2 is 1.94 bits per heavy atom. The summed E-state index contributed by atoms with van der Waals surface area (Å²) in [7, 11) is 1.41. The average molecular weight is 236 g/mol. The van der Waals surface area contributed by atoms with Gasteiger partial charge in [-0.25, -0.2) is 13.8 Å². The molecule has 0 unspecified atom stereocenters. The number of halogens is 2. The second-order valence-corrected chi connectivity index (χ2v) is 3.40. The molecule has 1 aromatic carbocycles. The molecule has 1 aromatic heterocycles. The van der Waals surface area contributed by atoms with Gasteiger partial charge in [0.25, 0.3) is 0 Å². The fraction of sp³-hybridized carbons (Fsp3) is 0.0833. The van der Waals surface area contributed by atoms with Gasteiger partial charge in [-0.1, -0.05) is 6.07 Å². The molecule has 0 aliphatic heterocycles. The Bertz CT molecular complexity index is 558. The highest BCUT2D eigenvalue weighted by Crippen LogP contribution is 2.27. The van der Waals surface area contributed by atoms with Gasteiger partial charge >= 0.3 is 0 Å². The summed E-state index contributed by atoms with van der Waals surface area (Å²) in [5, 5.41) is 0. The highest BCUT2D eigenvalue weighted by molar-refractivity contribution is 5.64. The van der Waals surface area contributed by atoms with Crippen molar-refractivity contribution >= 4 is 5.69 Å². The number of benzene rings is 1. The minimum atomic E-state index is -0.938. The molecule has 0 aliphatic rings. The summed E-state index contributed by atoms with van der Waals surface area (Å²) in [6, 6.07) is 6.95. The Morgan fingerprint density at radius 3 is 2.65 bits per heavy atom. The third-order valence-corrected chi connectivity index (χ3v) is 2.31. The minimum Gasteiger partial charge on any atom is -0.480 e. The van der Waals surface area contributed by atoms with E-state index in [0.29, 0.717) is 5.69 Å². The van der Waals surface area contributed by atoms with Crippen molar-refractivity contribution in [1.82, 2.24) is 4.98 Å². The first kappa shape index (κ1) is 11.3. The number of pyridine rings is 1. The minimum absolute atomic E-state index is 0.0725. The summed E-state index contributed by atoms with van der Waals surface area (Å²) in [5.41, 5.74) is 6.28. The van der Waals surface area contributed by atoms with Gasteiger partial charge in [0.05, 0.1) is 18.5 Å². The number of nitrogen functional groups attached to an aromatic ring is 1. The van der Waals surface area contributed by atoms with E-state index in [1.54, 1.807) is 0 Å². The molecule has 2 aromatic rings. The van der Waals surface area contributed by atoms with Crippen molar-refractivity contribution in [2.45, 2.75) is 0 Å². The van der Waals surface area contributed by atoms with Crippen molar-refractivity contribution in [3.8, 4) is 17.1 Å². The van der Waals surface area contributed by atoms with Crippen molar-refractivity contribution < 1.29 is 13.5 Å². The van der Waals surface area contributed by atoms with Crippen molar-refractivity contribution in [2.24, 2.45) is 0 Å². The molecule has 0 radical (unpaired) electrons. The fourth-order valence-electron chi connectivity index (χ4n) is 1.47. The lowest BCUT2D eigenvalue weighted by Gasteiger charge is -2.07. The number of anilines is 1. The Hall–Kier alpha value is -2.17. The molecule has 2 rings (SSSR count). The van der Waals surface area contributed by atoms with Crippen LogP contribution in [-0.2, 0) is 0 Å². The van der Waals surface area contributed by atoms with Crippen LogP contribution in [0.2, 0.25) is 0 Å². The lowest BCUT2D eigenvalue weighted by Crippen LogP contribution is -1.98. The van der Waals surface area contributed by atoms with E-state index in [9.17, 15) is 8.78 Å². The van der Waals surface area contributed by atoms with E-state index < -0.39 is 11.6 Å². The molecule has 0 atom stereocenters. The number of nitrogens with two attached hydrogens (primary N) is 1. The van der Waals surface area contributed by atoms with E-state index in [1.165, 1.54) is 31.4 Å². The van der Waals surface area contributed by atoms with Crippen LogP contribution in [0.1, 0.15) is 0 Å². The smallest absolute Gasteiger partial charge is 0.237 e. The Morgan fingerprint density at radius 1 is 1.18 bits per heavy atom. The largest absolute Gasteiger partial charge is 0.480 e. The predicted molar refractivity (Wildman–Crippen MR) is 60.6 cm³/mol. The van der Waals surface area contributed by atoms with Crippen LogP contribution in [0.25, 0.3) is 11.3 Å². The molecular weight excluding hydrogens is 226 g/mol. The topological polar surface area (TPSA) is 48.1 Å². The molecule has 0 bridgehead atoms. The normalized spacial score (nSPS) is 10.3. The van der Waals surface area contributed by atoms with Gasteiger partial charge in [-0.2, -0.15) is 0 Å². The van der Waals surface area contributed by atoms with Crippen LogP contribution >= 0.6 is 0 Å². The molecule has 1 heterocycles. The maximum atomic E-state index is 13.5. The summed E-state index contributed by atoms with van der Waals surface area (Å²) in [4.78, 5) is 4.01. The Balaban J connectivity index is 2.57. The zero-order valence-electron chi connectivity index (χ0n) is 9.08. The van der Waals surface area contributed by atoms with Crippen LogP contribution in [0, 0.1) is 11.6 Å². The van der Waals surface area contributed by atoms with Crippen molar-refractivity contribution in [1.29, 1.82) is 0 Å². The Kier molecular flexibility index (Phi) is 2.91. The molecular formula is C12H10F2N2O. The summed E-state index contributed by atoms with van der Waals surface area (Å²) < 4.78 is 31.5. The van der Waals surface area contributed by atoms with Crippen LogP contribution in [0.3, 0.4) is 0 Å². The summed E-state index contributed by atoms with van der Waals surface area (Å²) >= 11 is 0. The molecule has 0 saturated carbocycles. The van der Waals surface area contributed by atoms with E-state index in [2.05, 4.69) is 4.98 Å². The van der Waals surface area contributed by atoms with Crippen LogP contribution in [0.15, 0.2) is 30.3 Å². The molecule has 5 heteroatoms. The van der Waals surface area contributed by atoms with E-state index in [4.69, 9.17) is 10.5 Å².